The van der Waals surface area contributed by atoms with Crippen LogP contribution in [-0.4, -0.2) is 242 Å². The second kappa shape index (κ2) is 39.1. The zero-order valence-corrected chi connectivity index (χ0v) is 69.0. The molecule has 3 fully saturated rings. The summed E-state index contributed by atoms with van der Waals surface area (Å²) in [5.41, 5.74) is 6.91. The first kappa shape index (κ1) is 93.0. The topological polar surface area (TPSA) is 571 Å². The van der Waals surface area contributed by atoms with Gasteiger partial charge >= 0.3 is 12.4 Å². The number of nitrogens with zero attached hydrogens (tertiary/aromatic N) is 1. The number of anilines is 1. The summed E-state index contributed by atoms with van der Waals surface area (Å²) in [5.74, 6) is -15.9. The molecule has 0 aromatic heterocycles. The molecule has 674 valence electrons. The average molecular weight is 1790 g/mol. The maximum atomic E-state index is 16.3. The van der Waals surface area contributed by atoms with E-state index in [0.29, 0.717) is 0 Å². The van der Waals surface area contributed by atoms with Gasteiger partial charge in [0, 0.05) is 61.0 Å². The number of aliphatic hydroxyl groups is 6. The number of carbonyl (C=O) groups excluding carboxylic acids is 9. The standard InChI is InChI=1S/C81H94Cl2F3N13O26/c1-7-90-98-77(116)61-44-26-40(101)27-50(103)58(44)43-21-35(8-15-49(43)102)59-73(112)97-63(76(115)95-61)65(106)37-10-17-52(46(83)23-37)121-54-25-38-24-53(120-51-16-9-36(22-45(51)82)64(105)62(96-71(110)47(88-6)20-33(2)3)75(114)92-48(28-56(87)104)72(111)93-60(38)74(113)94-59)68(54)124-78-69(67(108)66(107)55(32-100)122-78)123-57-29-80(5,70(109)34(4)119-57)89-30-42-31-99(18-19-118-42)79(117)91-39-11-13-41(14-12-39)125-81(84,85)86/h8-17,21-27,33-34,42,47-48,55,57,59-67,69-70,78,88-90,100-103,105-109H,7,18-20,28-32H2,1-6H3,(H2,87,104)(H,91,117)(H,92,114)(H,93,111)(H,94,113)(H,95,115)(H,96,110)(H,97,112)(H,98,116)/t34-,42?,47+,48-,55+,57-,59+,60+,61+,62+,63-,64+,65+,66+,67-,69+,70+,78-,80-/m0/s1. The van der Waals surface area contributed by atoms with Gasteiger partial charge in [0.25, 0.3) is 5.91 Å². The van der Waals surface area contributed by atoms with Crippen LogP contribution >= 0.6 is 23.2 Å². The molecule has 11 bridgehead atoms. The molecule has 44 heteroatoms. The van der Waals surface area contributed by atoms with Crippen molar-refractivity contribution in [1.82, 2.24) is 58.3 Å². The van der Waals surface area contributed by atoms with Crippen molar-refractivity contribution in [3.8, 4) is 62.9 Å². The Hall–Kier alpha value is -11.2. The molecule has 39 nitrogen and oxygen atoms in total. The molecule has 125 heavy (non-hydrogen) atoms. The zero-order chi connectivity index (χ0) is 90.5. The summed E-state index contributed by atoms with van der Waals surface area (Å²) in [4.78, 5) is 135. The van der Waals surface area contributed by atoms with Crippen molar-refractivity contribution < 1.29 is 140 Å². The van der Waals surface area contributed by atoms with E-state index in [0.717, 1.165) is 78.9 Å². The number of halogens is 5. The lowest BCUT2D eigenvalue weighted by Gasteiger charge is -2.49. The largest absolute Gasteiger partial charge is 0.573 e. The minimum absolute atomic E-state index is 0.0212. The molecular weight excluding hydrogens is 1700 g/mol. The van der Waals surface area contributed by atoms with Gasteiger partial charge in [-0.15, -0.1) is 13.2 Å². The van der Waals surface area contributed by atoms with Crippen LogP contribution in [0.3, 0.4) is 0 Å². The fraction of sp³-hybridized carbons (Fsp3) is 0.444. The van der Waals surface area contributed by atoms with E-state index in [1.165, 1.54) is 43.1 Å². The number of morpholine rings is 1. The number of benzene rings is 6. The minimum Gasteiger partial charge on any atom is -0.508 e. The molecule has 8 aliphatic rings. The Bertz CT molecular complexity index is 5050. The van der Waals surface area contributed by atoms with Gasteiger partial charge in [-0.05, 0) is 140 Å². The number of amides is 10. The Kier molecular flexibility index (Phi) is 29.1. The second-order valence-electron chi connectivity index (χ2n) is 31.1. The first-order valence-corrected chi connectivity index (χ1v) is 40.2. The number of ether oxygens (including phenoxy) is 8. The molecule has 10 amide bonds. The summed E-state index contributed by atoms with van der Waals surface area (Å²) < 4.78 is 88.1. The Morgan fingerprint density at radius 2 is 1.38 bits per heavy atom. The van der Waals surface area contributed by atoms with E-state index in [-0.39, 0.29) is 79.7 Å². The maximum absolute atomic E-state index is 16.3. The van der Waals surface area contributed by atoms with Crippen molar-refractivity contribution in [3.05, 3.63) is 141 Å². The van der Waals surface area contributed by atoms with Gasteiger partial charge in [0.2, 0.25) is 53.4 Å². The lowest BCUT2D eigenvalue weighted by molar-refractivity contribution is -0.334. The van der Waals surface area contributed by atoms with Gasteiger partial charge < -0.3 is 142 Å². The van der Waals surface area contributed by atoms with Crippen LogP contribution in [0.5, 0.6) is 51.7 Å². The number of rotatable bonds is 20. The molecular formula is C81H94Cl2F3N13O26. The molecule has 14 rings (SSSR count). The molecule has 8 heterocycles. The SMILES string of the molecule is CCNNC(=O)[C@@H]1NC(=O)[C@H]2NC(=O)[C@H](NC(=O)[C@@H]3NC(=O)[C@H](CC(N)=O)NC(=O)[C@H](NC(=O)[C@@H](CC(C)C)NC)[C@H](O)c4ccc(c(Cl)c4)Oc4cc3cc(c4O[C@@H]3O[C@H](CO)[C@@H](O)[C@H](O)[C@H]3O[C@H]3C[C@](C)(NCC4CN(C(=O)Nc5ccc(OC(F)(F)F)cc5)CCO4)[C@H](O)[C@H](C)O3)Oc3ccc(cc3Cl)[C@H]2O)c2ccc(O)c(c2)-c2c(O)cc(O)cc21. The minimum atomic E-state index is -4.96. The predicted octanol–water partition coefficient (Wildman–Crippen LogP) is 2.12. The molecule has 0 radical (unpaired) electrons. The number of likely N-dealkylation sites (N-methyl/N-ethyl adjacent to an activating group) is 1. The van der Waals surface area contributed by atoms with Gasteiger partial charge in [-0.3, -0.25) is 43.8 Å². The van der Waals surface area contributed by atoms with Gasteiger partial charge in [-0.2, -0.15) is 0 Å². The molecule has 0 saturated carbocycles. The Morgan fingerprint density at radius 1 is 0.736 bits per heavy atom. The molecule has 0 spiro atoms. The lowest BCUT2D eigenvalue weighted by atomic mass is 9.84. The quantitative estimate of drug-likeness (QED) is 0.0487. The van der Waals surface area contributed by atoms with E-state index >= 15 is 24.0 Å². The number of hydrazine groups is 1. The number of primary amides is 1. The molecule has 22 N–H and O–H groups in total. The molecule has 1 unspecified atom stereocenters. The van der Waals surface area contributed by atoms with E-state index in [1.54, 1.807) is 13.8 Å². The number of nitrogens with two attached hydrogens (primary N) is 1. The summed E-state index contributed by atoms with van der Waals surface area (Å²) in [7, 11) is 1.46. The third kappa shape index (κ3) is 21.5. The third-order valence-electron chi connectivity index (χ3n) is 21.6. The van der Waals surface area contributed by atoms with Crippen molar-refractivity contribution in [3.63, 3.8) is 0 Å². The second-order valence-corrected chi connectivity index (χ2v) is 31.9. The fourth-order valence-corrected chi connectivity index (χ4v) is 15.7. The molecule has 6 aromatic rings. The zero-order valence-electron chi connectivity index (χ0n) is 67.5. The van der Waals surface area contributed by atoms with Crippen LogP contribution in [0.2, 0.25) is 10.0 Å². The summed E-state index contributed by atoms with van der Waals surface area (Å²) in [6.07, 6.45) is -25.4. The molecule has 6 aromatic carbocycles. The number of aromatic hydroxyl groups is 3. The van der Waals surface area contributed by atoms with Crippen LogP contribution in [0.1, 0.15) is 112 Å². The number of phenols is 3. The van der Waals surface area contributed by atoms with Crippen LogP contribution in [0.25, 0.3) is 11.1 Å². The Morgan fingerprint density at radius 3 is 2.00 bits per heavy atom. The van der Waals surface area contributed by atoms with Crippen LogP contribution < -0.4 is 83.4 Å². The van der Waals surface area contributed by atoms with E-state index in [2.05, 4.69) is 63.4 Å². The predicted molar refractivity (Wildman–Crippen MR) is 431 cm³/mol. The van der Waals surface area contributed by atoms with Crippen LogP contribution in [0.15, 0.2) is 103 Å². The average Bonchev–Trinajstić information content (AvgIpc) is 0.766. The number of phenolic OH excluding ortho intramolecular Hbond substituents is 3. The van der Waals surface area contributed by atoms with Crippen LogP contribution in [0.4, 0.5) is 23.7 Å². The highest BCUT2D eigenvalue weighted by Gasteiger charge is 2.53. The van der Waals surface area contributed by atoms with Gasteiger partial charge in [0.1, 0.15) is 101 Å². The molecule has 8 aliphatic heterocycles. The van der Waals surface area contributed by atoms with E-state index in [4.69, 9.17) is 62.1 Å². The van der Waals surface area contributed by atoms with E-state index in [1.807, 2.05) is 13.8 Å². The van der Waals surface area contributed by atoms with Gasteiger partial charge in [-0.1, -0.05) is 62.2 Å². The van der Waals surface area contributed by atoms with Crippen molar-refractivity contribution >= 4 is 82.2 Å². The lowest BCUT2D eigenvalue weighted by Crippen LogP contribution is -2.66. The number of alkyl halides is 3. The van der Waals surface area contributed by atoms with Gasteiger partial charge in [0.05, 0.1) is 54.0 Å². The Labute approximate surface area is 720 Å². The number of nitrogens with one attached hydrogen (secondary N) is 11. The highest BCUT2D eigenvalue weighted by atomic mass is 35.5. The number of aliphatic hydroxyl groups excluding tert-OH is 6. The maximum Gasteiger partial charge on any atom is 0.573 e. The number of urea groups is 1. The monoisotopic (exact) mass is 1790 g/mol. The fourth-order valence-electron chi connectivity index (χ4n) is 15.2. The highest BCUT2D eigenvalue weighted by molar-refractivity contribution is 6.32. The smallest absolute Gasteiger partial charge is 0.508 e. The van der Waals surface area contributed by atoms with E-state index in [9.17, 15) is 78.3 Å². The summed E-state index contributed by atoms with van der Waals surface area (Å²) in [5, 5.41) is 130. The molecule has 3 saturated heterocycles. The van der Waals surface area contributed by atoms with Crippen molar-refractivity contribution in [2.45, 2.75) is 176 Å². The van der Waals surface area contributed by atoms with Crippen LogP contribution in [0, 0.1) is 5.92 Å². The number of carbonyl (C=O) groups is 9. The summed E-state index contributed by atoms with van der Waals surface area (Å²) in [6.45, 7) is 7.36. The van der Waals surface area contributed by atoms with Crippen molar-refractivity contribution in [1.29, 1.82) is 0 Å². The van der Waals surface area contributed by atoms with E-state index < -0.39 is 266 Å². The van der Waals surface area contributed by atoms with Gasteiger partial charge in [-0.25, -0.2) is 10.2 Å². The highest BCUT2D eigenvalue weighted by Crippen LogP contribution is 2.50. The Balaban J connectivity index is 0.998. The van der Waals surface area contributed by atoms with Crippen molar-refractivity contribution in [2.75, 3.05) is 51.8 Å². The number of fused-ring (bicyclic) bond motifs is 15. The van der Waals surface area contributed by atoms with Gasteiger partial charge in [0.15, 0.2) is 23.9 Å². The summed E-state index contributed by atoms with van der Waals surface area (Å²) >= 11 is 14.4. The number of hydrogen-bond donors (Lipinski definition) is 21. The normalized spacial score (nSPS) is 27.4. The van der Waals surface area contributed by atoms with Crippen molar-refractivity contribution in [2.24, 2.45) is 11.7 Å². The van der Waals surface area contributed by atoms with Crippen LogP contribution in [-0.2, 0) is 57.3 Å². The molecule has 19 atom stereocenters. The molecule has 0 aliphatic carbocycles. The number of hydrogen-bond acceptors (Lipinski definition) is 29. The first-order chi connectivity index (χ1) is 59.2. The first-order valence-electron chi connectivity index (χ1n) is 39.5. The third-order valence-corrected chi connectivity index (χ3v) is 22.2. The summed E-state index contributed by atoms with van der Waals surface area (Å²) in [6, 6.07) is 3.48.